The molecule has 3 aliphatic heterocycles. The molecule has 21 heteroatoms. The maximum Gasteiger partial charge on any atom is 0.138 e. The zero-order chi connectivity index (χ0) is 65.9. The second-order valence-corrected chi connectivity index (χ2v) is 36.8. The first-order chi connectivity index (χ1) is 45.1. The molecule has 12 fully saturated rings. The summed E-state index contributed by atoms with van der Waals surface area (Å²) in [4.78, 5) is 0. The first kappa shape index (κ1) is 91.5. The molecule has 9 saturated carbocycles. The third-order valence-electron chi connectivity index (χ3n) is 27.6. The van der Waals surface area contributed by atoms with Gasteiger partial charge in [-0.3, -0.25) is 0 Å². The normalized spacial score (nSPS) is 43.5. The zero-order valence-electron chi connectivity index (χ0n) is 61.7. The Balaban J connectivity index is 0.000000733. The van der Waals surface area contributed by atoms with Gasteiger partial charge in [-0.15, -0.1) is 35.3 Å². The number of fused-ring (bicyclic) bond motifs is 9. The molecule has 15 N–H and O–H groups in total. The molecule has 9 aliphatic carbocycles. The zero-order valence-corrected chi connectivity index (χ0v) is 64.1. The summed E-state index contributed by atoms with van der Waals surface area (Å²) in [6.45, 7) is 15.1. The van der Waals surface area contributed by atoms with Crippen LogP contribution in [0.15, 0.2) is 0 Å². The monoisotopic (exact) mass is 1490 g/mol. The van der Waals surface area contributed by atoms with E-state index in [1.54, 1.807) is 35.3 Å². The van der Waals surface area contributed by atoms with Gasteiger partial charge in [0.2, 0.25) is 0 Å². The third-order valence-corrected chi connectivity index (χ3v) is 33.1. The highest BCUT2D eigenvalue weighted by Gasteiger charge is 2.61. The van der Waals surface area contributed by atoms with E-state index < -0.39 is 55.3 Å². The van der Waals surface area contributed by atoms with Crippen LogP contribution in [0.3, 0.4) is 0 Å². The standard InChI is InChI=1S/C27H46F2O2S.C26H44F2O2S.C25H42F2O2S.6H2O.3H2/c1-3-5-6-7-16-31-22-15-14-20-19-12-13-21(23(28)26(19)32-27(20)24(22)29)25(30)18-10-8-17(4-2)9-11-18;1-3-5-6-15-30-21-14-13-19-18-11-12-20(22(27)25(18)31-26(19)23(21)28)24(29)17-9-7-16(4-2)8-10-17;1-3-5-14-29-20-13-12-18-17-10-11-19(21(26)24(17)30-25(18)22(20)27)23(28)16-8-6-15(4-2)7-9-16;;;;;;;;;/h17-27,30H,3-16H2,1-2H3;16-26,29H,3-15H2,1-2H3;15-25,28H,3-14H2,1-2H3;6*1H2;3*1H. The smallest absolute Gasteiger partial charge is 0.138 e. The average molecular weight is 1490 g/mol. The first-order valence-corrected chi connectivity index (χ1v) is 42.7. The van der Waals surface area contributed by atoms with E-state index in [-0.39, 0.29) is 158 Å². The van der Waals surface area contributed by atoms with Crippen LogP contribution in [0, 0.1) is 88.8 Å². The van der Waals surface area contributed by atoms with Crippen molar-refractivity contribution in [3.63, 3.8) is 0 Å². The maximum atomic E-state index is 15.8. The number of halogens is 6. The summed E-state index contributed by atoms with van der Waals surface area (Å²) in [6, 6.07) is 0. The molecule has 0 radical (unpaired) electrons. The molecule has 12 rings (SSSR count). The topological polar surface area (TPSA) is 277 Å². The summed E-state index contributed by atoms with van der Waals surface area (Å²) in [5, 5.41) is 32.5. The van der Waals surface area contributed by atoms with Gasteiger partial charge in [-0.1, -0.05) is 138 Å². The van der Waals surface area contributed by atoms with Crippen molar-refractivity contribution in [2.45, 2.75) is 378 Å². The summed E-state index contributed by atoms with van der Waals surface area (Å²) in [7, 11) is 0. The SMILES string of the molecule is CCCCCCOC1CCC2C3CCC(C(O)C4CCC(CC)CC4)C(F)C3SC2C1F.CCCCCOC1CCC2C3CCC(C(O)C4CCC(CC)CC4)C(F)C3SC2C1F.CCCCOC1CCC2C3CCC(C(O)C4CCC(CC)CC4)C(F)C3SC2C1F.O.O.O.O.O.O.[HH].[HH].[HH]. The van der Waals surface area contributed by atoms with Gasteiger partial charge >= 0.3 is 0 Å². The van der Waals surface area contributed by atoms with Crippen LogP contribution < -0.4 is 0 Å². The molecule has 12 aliphatic rings. The fourth-order valence-corrected chi connectivity index (χ4v) is 27.8. The Morgan fingerprint density at radius 3 is 0.788 bits per heavy atom. The fourth-order valence-electron chi connectivity index (χ4n) is 21.5. The lowest BCUT2D eigenvalue weighted by Gasteiger charge is -2.42. The Labute approximate surface area is 611 Å². The van der Waals surface area contributed by atoms with Crippen molar-refractivity contribution in [2.24, 2.45) is 88.8 Å². The molecule has 3 heterocycles. The van der Waals surface area contributed by atoms with Crippen molar-refractivity contribution < 1.29 is 93.0 Å². The molecule has 99 heavy (non-hydrogen) atoms. The first-order valence-electron chi connectivity index (χ1n) is 39.8. The number of aliphatic hydroxyl groups is 3. The molecular weight excluding hydrogens is 1340 g/mol. The number of ether oxygens (including phenoxy) is 3. The van der Waals surface area contributed by atoms with Crippen LogP contribution in [0.4, 0.5) is 26.3 Å². The highest BCUT2D eigenvalue weighted by atomic mass is 32.2. The van der Waals surface area contributed by atoms with E-state index in [0.717, 1.165) is 178 Å². The van der Waals surface area contributed by atoms with Crippen LogP contribution in [0.1, 0.15) is 277 Å². The maximum absolute atomic E-state index is 15.8. The van der Waals surface area contributed by atoms with Gasteiger partial charge in [0.25, 0.3) is 0 Å². The minimum absolute atomic E-state index is 0. The molecule has 594 valence electrons. The number of thioether (sulfide) groups is 3. The van der Waals surface area contributed by atoms with Crippen LogP contribution in [0.5, 0.6) is 0 Å². The van der Waals surface area contributed by atoms with Crippen molar-refractivity contribution in [1.29, 1.82) is 0 Å². The fraction of sp³-hybridized carbons (Fsp3) is 1.00. The van der Waals surface area contributed by atoms with Crippen LogP contribution in [-0.4, -0.2) is 173 Å². The van der Waals surface area contributed by atoms with Gasteiger partial charge in [0.1, 0.15) is 37.0 Å². The van der Waals surface area contributed by atoms with Gasteiger partial charge in [-0.2, -0.15) is 0 Å². The summed E-state index contributed by atoms with van der Waals surface area (Å²) < 4.78 is 111. The van der Waals surface area contributed by atoms with E-state index in [0.29, 0.717) is 19.8 Å². The van der Waals surface area contributed by atoms with Gasteiger partial charge in [-0.25, -0.2) is 26.3 Å². The van der Waals surface area contributed by atoms with E-state index in [1.807, 2.05) is 0 Å². The van der Waals surface area contributed by atoms with Gasteiger partial charge in [0.15, 0.2) is 0 Å². The molecule has 12 nitrogen and oxygen atoms in total. The molecule has 0 amide bonds. The minimum atomic E-state index is -0.996. The Kier molecular flexibility index (Phi) is 41.2. The number of aliphatic hydroxyl groups excluding tert-OH is 3. The number of hydrogen-bond donors (Lipinski definition) is 3. The Morgan fingerprint density at radius 1 is 0.293 bits per heavy atom. The van der Waals surface area contributed by atoms with Gasteiger partial charge < -0.3 is 62.4 Å². The Morgan fingerprint density at radius 2 is 0.525 bits per heavy atom. The lowest BCUT2D eigenvalue weighted by molar-refractivity contribution is -0.0508. The molecule has 0 bridgehead atoms. The molecule has 0 aromatic heterocycles. The number of hydrogen-bond acceptors (Lipinski definition) is 9. The van der Waals surface area contributed by atoms with Crippen LogP contribution >= 0.6 is 35.3 Å². The summed E-state index contributed by atoms with van der Waals surface area (Å²) in [6.07, 6.45) is 28.9. The molecule has 3 saturated heterocycles. The number of rotatable bonds is 24. The summed E-state index contributed by atoms with van der Waals surface area (Å²) in [5.41, 5.74) is 0. The van der Waals surface area contributed by atoms with E-state index in [1.165, 1.54) is 70.6 Å². The van der Waals surface area contributed by atoms with Gasteiger partial charge in [-0.05, 0) is 206 Å². The van der Waals surface area contributed by atoms with E-state index in [2.05, 4.69) is 41.5 Å². The predicted octanol–water partition coefficient (Wildman–Crippen LogP) is 16.0. The van der Waals surface area contributed by atoms with E-state index >= 15 is 26.3 Å². The van der Waals surface area contributed by atoms with Gasteiger partial charge in [0.05, 0.1) is 36.6 Å². The van der Waals surface area contributed by atoms with Crippen molar-refractivity contribution >= 4 is 35.3 Å². The quantitative estimate of drug-likeness (QED) is 0.0611. The van der Waals surface area contributed by atoms with Crippen LogP contribution in [-0.2, 0) is 14.2 Å². The number of unbranched alkanes of at least 4 members (excludes halogenated alkanes) is 6. The predicted molar refractivity (Wildman–Crippen MR) is 403 cm³/mol. The molecule has 0 aromatic rings. The van der Waals surface area contributed by atoms with Crippen LogP contribution in [0.25, 0.3) is 0 Å². The Hall–Kier alpha value is 0.150. The van der Waals surface area contributed by atoms with Crippen molar-refractivity contribution in [1.82, 2.24) is 0 Å². The Bertz CT molecular complexity index is 2160. The second kappa shape index (κ2) is 44.6. The third kappa shape index (κ3) is 21.8. The number of alkyl halides is 6. The summed E-state index contributed by atoms with van der Waals surface area (Å²) >= 11 is 4.72. The molecule has 27 unspecified atom stereocenters. The highest BCUT2D eigenvalue weighted by Crippen LogP contribution is 2.62. The van der Waals surface area contributed by atoms with E-state index in [4.69, 9.17) is 14.2 Å². The highest BCUT2D eigenvalue weighted by molar-refractivity contribution is 8.01. The van der Waals surface area contributed by atoms with Crippen molar-refractivity contribution in [3.8, 4) is 0 Å². The lowest BCUT2D eigenvalue weighted by Crippen LogP contribution is -2.47. The van der Waals surface area contributed by atoms with Crippen LogP contribution in [0.2, 0.25) is 0 Å². The van der Waals surface area contributed by atoms with Gasteiger partial charge in [0, 0.05) is 73.4 Å². The molecule has 0 aromatic carbocycles. The van der Waals surface area contributed by atoms with Crippen molar-refractivity contribution in [3.05, 3.63) is 0 Å². The molecule has 27 atom stereocenters. The minimum Gasteiger partial charge on any atom is -0.412 e. The second-order valence-electron chi connectivity index (χ2n) is 32.7. The molecule has 0 spiro atoms. The van der Waals surface area contributed by atoms with Crippen molar-refractivity contribution in [2.75, 3.05) is 19.8 Å². The average Bonchev–Trinajstić information content (AvgIpc) is 1.61. The molecular formula is C78H150F6O12S3. The largest absolute Gasteiger partial charge is 0.412 e. The van der Waals surface area contributed by atoms with E-state index in [9.17, 15) is 15.3 Å². The lowest BCUT2D eigenvalue weighted by atomic mass is 9.66. The summed E-state index contributed by atoms with van der Waals surface area (Å²) in [5.74, 6) is 4.07.